The van der Waals surface area contributed by atoms with Crippen molar-refractivity contribution < 1.29 is 23.3 Å². The van der Waals surface area contributed by atoms with Crippen LogP contribution in [0.15, 0.2) is 188 Å². The first-order valence-corrected chi connectivity index (χ1v) is 21.2. The van der Waals surface area contributed by atoms with Crippen LogP contribution in [0.3, 0.4) is 0 Å². The summed E-state index contributed by atoms with van der Waals surface area (Å²) < 4.78 is 92.7. The molecule has 17 rings (SSSR count). The predicted molar refractivity (Wildman–Crippen MR) is 252 cm³/mol. The largest absolute Gasteiger partial charge is 0.308 e. The minimum Gasteiger partial charge on any atom is -0.308 e. The molecule has 292 valence electrons. The standard InChI is InChI=1S/C60H35NO2/c62-59-46-30-50-48(28-44(46)52-34-19-7-11-23-38(34)56(59)39-24-12-8-20-35(39)52)54-42(32-15-3-1-4-16-32)27-43(33-17-5-2-6-18-33)55-49-29-45-47(31-51(49)61(50)58(54)55)60(63)57-40-25-13-9-21-36(40)53(45)37-22-10-14-26-41(37)57/h1-31,52-53,56-57H/i1D,2D,3D,4D,5D,6D,15D,16D,17D,18D. The van der Waals surface area contributed by atoms with Crippen LogP contribution in [0.2, 0.25) is 0 Å². The van der Waals surface area contributed by atoms with E-state index < -0.39 is 72.3 Å². The van der Waals surface area contributed by atoms with Crippen molar-refractivity contribution in [3.63, 3.8) is 0 Å². The number of rotatable bonds is 2. The Kier molecular flexibility index (Phi) is 4.89. The Bertz CT molecular complexity index is 4050. The van der Waals surface area contributed by atoms with Gasteiger partial charge >= 0.3 is 0 Å². The van der Waals surface area contributed by atoms with Crippen LogP contribution in [-0.4, -0.2) is 16.0 Å². The molecule has 0 aliphatic heterocycles. The molecular weight excluding hydrogens is 767 g/mol. The Labute approximate surface area is 376 Å². The summed E-state index contributed by atoms with van der Waals surface area (Å²) in [6, 6.07) is 36.1. The van der Waals surface area contributed by atoms with Gasteiger partial charge in [-0.15, -0.1) is 0 Å². The summed E-state index contributed by atoms with van der Waals surface area (Å²) in [5, 5.41) is 2.16. The molecule has 3 nitrogen and oxygen atoms in total. The lowest BCUT2D eigenvalue weighted by atomic mass is 9.72. The molecule has 63 heavy (non-hydrogen) atoms. The van der Waals surface area contributed by atoms with Crippen molar-refractivity contribution in [2.45, 2.75) is 23.7 Å². The molecule has 2 heterocycles. The first-order valence-electron chi connectivity index (χ1n) is 26.2. The van der Waals surface area contributed by atoms with Crippen LogP contribution in [-0.2, 0) is 0 Å². The van der Waals surface area contributed by atoms with E-state index in [9.17, 15) is 5.48 Å². The van der Waals surface area contributed by atoms with Gasteiger partial charge in [0.25, 0.3) is 0 Å². The predicted octanol–water partition coefficient (Wildman–Crippen LogP) is 13.8. The monoisotopic (exact) mass is 811 g/mol. The number of nitrogens with zero attached hydrogens (tertiary/aromatic N) is 1. The second-order valence-corrected chi connectivity index (χ2v) is 17.3. The summed E-state index contributed by atoms with van der Waals surface area (Å²) in [6.45, 7) is 0. The first kappa shape index (κ1) is 25.8. The SMILES string of the molecule is [2H]c1c([2H])c([2H])c(-c2cc(-c3c([2H])c([2H])c([2H])c([2H])c3[2H])c3c4cc5c(cc4n4c6cc7c(cc6c2c34)C2c3ccccc3C(C7=O)c3ccccc32)C(=O)C2c3ccccc3C5c3ccccc32)c([2H])c1[2H]. The molecule has 0 saturated carbocycles. The number of carbonyl (C=O) groups excluding carboxylic acids is 2. The molecule has 11 aromatic rings. The number of aromatic nitrogens is 1. The number of benzene rings is 9. The third kappa shape index (κ3) is 4.15. The highest BCUT2D eigenvalue weighted by Crippen LogP contribution is 2.57. The van der Waals surface area contributed by atoms with Crippen molar-refractivity contribution in [2.75, 3.05) is 0 Å². The van der Waals surface area contributed by atoms with Gasteiger partial charge in [0.05, 0.1) is 42.1 Å². The highest BCUT2D eigenvalue weighted by atomic mass is 16.1. The zero-order chi connectivity index (χ0) is 49.9. The molecule has 9 aromatic carbocycles. The summed E-state index contributed by atoms with van der Waals surface area (Å²) in [4.78, 5) is 31.1. The molecule has 0 fully saturated rings. The van der Waals surface area contributed by atoms with E-state index in [0.717, 1.165) is 55.6 Å². The van der Waals surface area contributed by atoms with Crippen molar-refractivity contribution >= 4 is 49.7 Å². The Morgan fingerprint density at radius 3 is 1.05 bits per heavy atom. The van der Waals surface area contributed by atoms with E-state index in [-0.39, 0.29) is 45.7 Å². The fourth-order valence-corrected chi connectivity index (χ4v) is 12.2. The summed E-state index contributed by atoms with van der Waals surface area (Å²) in [5.74, 6) is -2.13. The maximum Gasteiger partial charge on any atom is 0.175 e. The van der Waals surface area contributed by atoms with Gasteiger partial charge in [0.2, 0.25) is 0 Å². The van der Waals surface area contributed by atoms with Gasteiger partial charge in [-0.25, -0.2) is 0 Å². The van der Waals surface area contributed by atoms with Crippen molar-refractivity contribution in [3.05, 3.63) is 255 Å². The van der Waals surface area contributed by atoms with E-state index >= 15 is 9.59 Å². The smallest absolute Gasteiger partial charge is 0.175 e. The Morgan fingerprint density at radius 1 is 0.365 bits per heavy atom. The molecule has 2 aromatic heterocycles. The fourth-order valence-electron chi connectivity index (χ4n) is 12.2. The third-order valence-electron chi connectivity index (χ3n) is 14.6. The van der Waals surface area contributed by atoms with E-state index in [1.165, 1.54) is 0 Å². The molecule has 0 unspecified atom stereocenters. The van der Waals surface area contributed by atoms with Gasteiger partial charge in [-0.05, 0) is 108 Å². The lowest BCUT2D eigenvalue weighted by Crippen LogP contribution is -2.19. The van der Waals surface area contributed by atoms with E-state index in [0.29, 0.717) is 49.2 Å². The second-order valence-electron chi connectivity index (χ2n) is 17.3. The average Bonchev–Trinajstić information content (AvgIpc) is 3.78. The molecule has 0 atom stereocenters. The zero-order valence-corrected chi connectivity index (χ0v) is 33.2. The molecule has 0 saturated heterocycles. The van der Waals surface area contributed by atoms with Crippen molar-refractivity contribution in [1.82, 2.24) is 4.40 Å². The summed E-state index contributed by atoms with van der Waals surface area (Å²) >= 11 is 0. The van der Waals surface area contributed by atoms with Crippen LogP contribution >= 0.6 is 0 Å². The highest BCUT2D eigenvalue weighted by molar-refractivity contribution is 6.31. The molecule has 6 aliphatic carbocycles. The van der Waals surface area contributed by atoms with E-state index in [2.05, 4.69) is 24.3 Å². The van der Waals surface area contributed by atoms with Crippen LogP contribution in [0.25, 0.3) is 60.3 Å². The topological polar surface area (TPSA) is 38.5 Å². The van der Waals surface area contributed by atoms with Gasteiger partial charge in [-0.2, -0.15) is 0 Å². The number of hydrogen-bond donors (Lipinski definition) is 0. The number of hydrogen-bond acceptors (Lipinski definition) is 2. The van der Waals surface area contributed by atoms with Gasteiger partial charge in [0.15, 0.2) is 11.6 Å². The normalized spacial score (nSPS) is 21.1. The van der Waals surface area contributed by atoms with Crippen molar-refractivity contribution in [2.24, 2.45) is 0 Å². The maximum absolute atomic E-state index is 15.5. The maximum atomic E-state index is 15.5. The third-order valence-corrected chi connectivity index (χ3v) is 14.6. The van der Waals surface area contributed by atoms with Gasteiger partial charge in [-0.3, -0.25) is 9.59 Å². The molecule has 6 aliphatic rings. The van der Waals surface area contributed by atoms with Gasteiger partial charge < -0.3 is 4.40 Å². The number of Topliss-reactive ketones (excluding diaryl/α,β-unsaturated/α-hetero) is 2. The molecule has 0 spiro atoms. The number of fused-ring (bicyclic) bond motifs is 6. The summed E-state index contributed by atoms with van der Waals surface area (Å²) in [7, 11) is 0. The summed E-state index contributed by atoms with van der Waals surface area (Å²) in [5.41, 5.74) is 11.8. The Hall–Kier alpha value is -7.88. The molecule has 3 heteroatoms. The Morgan fingerprint density at radius 2 is 0.698 bits per heavy atom. The molecule has 0 radical (unpaired) electrons. The molecular formula is C60H35NO2. The zero-order valence-electron chi connectivity index (χ0n) is 43.2. The Balaban J connectivity index is 1.18. The van der Waals surface area contributed by atoms with Crippen LogP contribution in [0.1, 0.15) is 114 Å². The van der Waals surface area contributed by atoms with E-state index in [4.69, 9.17) is 8.22 Å². The van der Waals surface area contributed by atoms with Crippen molar-refractivity contribution in [1.29, 1.82) is 0 Å². The first-order chi connectivity index (χ1) is 35.3. The van der Waals surface area contributed by atoms with Crippen LogP contribution in [0.4, 0.5) is 0 Å². The number of ketones is 2. The van der Waals surface area contributed by atoms with E-state index in [1.54, 1.807) is 6.07 Å². The number of carbonyl (C=O) groups is 2. The molecule has 4 bridgehead atoms. The van der Waals surface area contributed by atoms with Gasteiger partial charge in [0, 0.05) is 44.5 Å². The minimum atomic E-state index is -0.599. The quantitative estimate of drug-likeness (QED) is 0.174. The van der Waals surface area contributed by atoms with Gasteiger partial charge in [-0.1, -0.05) is 157 Å². The lowest BCUT2D eigenvalue weighted by Gasteiger charge is -2.30. The second kappa shape index (κ2) is 11.9. The van der Waals surface area contributed by atoms with Crippen LogP contribution < -0.4 is 0 Å². The minimum absolute atomic E-state index is 0.0943. The van der Waals surface area contributed by atoms with Crippen molar-refractivity contribution in [3.8, 4) is 22.3 Å². The molecule has 0 N–H and O–H groups in total. The van der Waals surface area contributed by atoms with Crippen LogP contribution in [0.5, 0.6) is 0 Å². The average molecular weight is 812 g/mol. The van der Waals surface area contributed by atoms with Gasteiger partial charge in [0.1, 0.15) is 0 Å². The molecule has 0 amide bonds. The van der Waals surface area contributed by atoms with E-state index in [1.807, 2.05) is 101 Å². The fraction of sp³-hybridized carbons (Fsp3) is 0.0667. The summed E-state index contributed by atoms with van der Waals surface area (Å²) in [6.07, 6.45) is 0. The lowest BCUT2D eigenvalue weighted by molar-refractivity contribution is 0.0966. The van der Waals surface area contributed by atoms with Crippen LogP contribution in [0, 0.1) is 0 Å². The highest BCUT2D eigenvalue weighted by Gasteiger charge is 2.45.